The van der Waals surface area contributed by atoms with Gasteiger partial charge in [-0.2, -0.15) is 0 Å². The molecule has 0 aliphatic rings. The largest absolute Gasteiger partial charge is 0.309 e. The molecule has 2 aromatic carbocycles. The maximum atomic E-state index is 6.25. The van der Waals surface area contributed by atoms with Crippen LogP contribution >= 0.6 is 11.6 Å². The quantitative estimate of drug-likeness (QED) is 0.822. The highest BCUT2D eigenvalue weighted by Crippen LogP contribution is 2.32. The van der Waals surface area contributed by atoms with Gasteiger partial charge in [0.25, 0.3) is 0 Å². The summed E-state index contributed by atoms with van der Waals surface area (Å²) in [6, 6.07) is 8.71. The van der Waals surface area contributed by atoms with Crippen molar-refractivity contribution in [1.82, 2.24) is 5.32 Å². The van der Waals surface area contributed by atoms with Crippen LogP contribution in [-0.2, 0) is 0 Å². The Balaban J connectivity index is 2.67. The van der Waals surface area contributed by atoms with Gasteiger partial charge in [-0.05, 0) is 92.7 Å². The molecule has 0 amide bonds. The van der Waals surface area contributed by atoms with Crippen LogP contribution in [0.25, 0.3) is 0 Å². The molecule has 0 fully saturated rings. The van der Waals surface area contributed by atoms with E-state index in [-0.39, 0.29) is 6.04 Å². The van der Waals surface area contributed by atoms with Crippen LogP contribution in [0.4, 0.5) is 0 Å². The van der Waals surface area contributed by atoms with E-state index in [1.807, 2.05) is 13.1 Å². The molecule has 0 aliphatic carbocycles. The zero-order chi connectivity index (χ0) is 15.7. The summed E-state index contributed by atoms with van der Waals surface area (Å²) in [5.74, 6) is 0. The molecule has 1 N–H and O–H groups in total. The molecule has 0 spiro atoms. The molecule has 1 atom stereocenters. The van der Waals surface area contributed by atoms with E-state index in [9.17, 15) is 0 Å². The van der Waals surface area contributed by atoms with Gasteiger partial charge in [-0.15, -0.1) is 0 Å². The third-order valence-corrected chi connectivity index (χ3v) is 4.62. The van der Waals surface area contributed by atoms with E-state index < -0.39 is 0 Å². The van der Waals surface area contributed by atoms with Gasteiger partial charge >= 0.3 is 0 Å². The topological polar surface area (TPSA) is 12.0 Å². The first-order valence-corrected chi connectivity index (χ1v) is 7.74. The molecule has 0 heterocycles. The summed E-state index contributed by atoms with van der Waals surface area (Å²) in [6.45, 7) is 10.9. The molecular formula is C19H24ClN. The minimum Gasteiger partial charge on any atom is -0.309 e. The third-order valence-electron chi connectivity index (χ3n) is 4.40. The lowest BCUT2D eigenvalue weighted by molar-refractivity contribution is 0.681. The SMILES string of the molecule is CNC(c1cc(C)cc(Cl)c1)c1c(C)c(C)cc(C)c1C. The van der Waals surface area contributed by atoms with Crippen molar-refractivity contribution in [3.05, 3.63) is 68.2 Å². The molecule has 0 aliphatic heterocycles. The highest BCUT2D eigenvalue weighted by Gasteiger charge is 2.19. The van der Waals surface area contributed by atoms with Gasteiger partial charge in [0.05, 0.1) is 6.04 Å². The van der Waals surface area contributed by atoms with Crippen molar-refractivity contribution in [2.24, 2.45) is 0 Å². The van der Waals surface area contributed by atoms with E-state index in [1.165, 1.54) is 38.9 Å². The average molecular weight is 302 g/mol. The lowest BCUT2D eigenvalue weighted by Crippen LogP contribution is -2.21. The number of benzene rings is 2. The summed E-state index contributed by atoms with van der Waals surface area (Å²) >= 11 is 6.25. The summed E-state index contributed by atoms with van der Waals surface area (Å²) in [7, 11) is 2.01. The first-order valence-electron chi connectivity index (χ1n) is 7.36. The maximum absolute atomic E-state index is 6.25. The zero-order valence-electron chi connectivity index (χ0n) is 13.8. The first kappa shape index (κ1) is 16.1. The second-order valence-electron chi connectivity index (χ2n) is 5.96. The summed E-state index contributed by atoms with van der Waals surface area (Å²) in [5.41, 5.74) is 9.18. The highest BCUT2D eigenvalue weighted by atomic mass is 35.5. The fraction of sp³-hybridized carbons (Fsp3) is 0.368. The van der Waals surface area contributed by atoms with Crippen molar-refractivity contribution in [3.8, 4) is 0 Å². The molecule has 0 saturated heterocycles. The summed E-state index contributed by atoms with van der Waals surface area (Å²) in [5, 5.41) is 4.26. The van der Waals surface area contributed by atoms with Gasteiger partial charge in [0, 0.05) is 5.02 Å². The highest BCUT2D eigenvalue weighted by molar-refractivity contribution is 6.30. The van der Waals surface area contributed by atoms with Crippen molar-refractivity contribution >= 4 is 11.6 Å². The van der Waals surface area contributed by atoms with Crippen molar-refractivity contribution in [2.75, 3.05) is 7.05 Å². The Morgan fingerprint density at radius 2 is 1.43 bits per heavy atom. The van der Waals surface area contributed by atoms with Crippen molar-refractivity contribution in [1.29, 1.82) is 0 Å². The summed E-state index contributed by atoms with van der Waals surface area (Å²) in [6.07, 6.45) is 0. The van der Waals surface area contributed by atoms with Crippen LogP contribution in [0.15, 0.2) is 24.3 Å². The van der Waals surface area contributed by atoms with E-state index >= 15 is 0 Å². The van der Waals surface area contributed by atoms with Gasteiger partial charge in [0.15, 0.2) is 0 Å². The Bertz CT molecular complexity index is 627. The smallest absolute Gasteiger partial charge is 0.0580 e. The van der Waals surface area contributed by atoms with Gasteiger partial charge < -0.3 is 5.32 Å². The van der Waals surface area contributed by atoms with Gasteiger partial charge in [-0.25, -0.2) is 0 Å². The molecule has 2 rings (SSSR count). The molecule has 0 aromatic heterocycles. The molecule has 2 heteroatoms. The van der Waals surface area contributed by atoms with Gasteiger partial charge in [-0.1, -0.05) is 23.7 Å². The van der Waals surface area contributed by atoms with E-state index in [2.05, 4.69) is 58.1 Å². The van der Waals surface area contributed by atoms with Gasteiger partial charge in [0.2, 0.25) is 0 Å². The van der Waals surface area contributed by atoms with E-state index in [4.69, 9.17) is 11.6 Å². The molecule has 21 heavy (non-hydrogen) atoms. The molecule has 0 radical (unpaired) electrons. The monoisotopic (exact) mass is 301 g/mol. The number of aryl methyl sites for hydroxylation is 3. The zero-order valence-corrected chi connectivity index (χ0v) is 14.5. The Morgan fingerprint density at radius 1 is 0.857 bits per heavy atom. The van der Waals surface area contributed by atoms with Crippen molar-refractivity contribution in [2.45, 2.75) is 40.7 Å². The fourth-order valence-electron chi connectivity index (χ4n) is 3.09. The Kier molecular flexibility index (Phi) is 4.75. The lowest BCUT2D eigenvalue weighted by atomic mass is 9.86. The Hall–Kier alpha value is -1.31. The predicted molar refractivity (Wildman–Crippen MR) is 92.5 cm³/mol. The predicted octanol–water partition coefficient (Wildman–Crippen LogP) is 5.19. The maximum Gasteiger partial charge on any atom is 0.0580 e. The standard InChI is InChI=1S/C19H24ClN/c1-11-7-16(10-17(20)8-11)19(21-6)18-14(4)12(2)9-13(3)15(18)5/h7-10,19,21H,1-6H3. The lowest BCUT2D eigenvalue weighted by Gasteiger charge is -2.25. The number of nitrogens with one attached hydrogen (secondary N) is 1. The van der Waals surface area contributed by atoms with E-state index in [0.29, 0.717) is 0 Å². The Morgan fingerprint density at radius 3 is 1.90 bits per heavy atom. The summed E-state index contributed by atoms with van der Waals surface area (Å²) < 4.78 is 0. The van der Waals surface area contributed by atoms with Crippen LogP contribution < -0.4 is 5.32 Å². The second-order valence-corrected chi connectivity index (χ2v) is 6.39. The number of rotatable bonds is 3. The third kappa shape index (κ3) is 3.14. The van der Waals surface area contributed by atoms with Crippen molar-refractivity contribution in [3.63, 3.8) is 0 Å². The molecular weight excluding hydrogens is 278 g/mol. The van der Waals surface area contributed by atoms with Crippen LogP contribution in [-0.4, -0.2) is 7.05 Å². The van der Waals surface area contributed by atoms with E-state index in [1.54, 1.807) is 0 Å². The number of hydrogen-bond acceptors (Lipinski definition) is 1. The normalized spacial score (nSPS) is 12.5. The molecule has 1 unspecified atom stereocenters. The van der Waals surface area contributed by atoms with Crippen LogP contribution in [0.3, 0.4) is 0 Å². The van der Waals surface area contributed by atoms with Crippen LogP contribution in [0.5, 0.6) is 0 Å². The summed E-state index contributed by atoms with van der Waals surface area (Å²) in [4.78, 5) is 0. The second kappa shape index (κ2) is 6.21. The Labute approximate surface area is 133 Å². The molecule has 112 valence electrons. The molecule has 0 saturated carbocycles. The van der Waals surface area contributed by atoms with Crippen LogP contribution in [0.1, 0.15) is 45.0 Å². The fourth-order valence-corrected chi connectivity index (χ4v) is 3.39. The van der Waals surface area contributed by atoms with Gasteiger partial charge in [-0.3, -0.25) is 0 Å². The van der Waals surface area contributed by atoms with E-state index in [0.717, 1.165) is 5.02 Å². The first-order chi connectivity index (χ1) is 9.85. The molecule has 1 nitrogen and oxygen atoms in total. The average Bonchev–Trinajstić information content (AvgIpc) is 2.40. The number of halogens is 1. The van der Waals surface area contributed by atoms with Crippen LogP contribution in [0, 0.1) is 34.6 Å². The number of hydrogen-bond donors (Lipinski definition) is 1. The van der Waals surface area contributed by atoms with Crippen LogP contribution in [0.2, 0.25) is 5.02 Å². The molecule has 0 bridgehead atoms. The van der Waals surface area contributed by atoms with Gasteiger partial charge in [0.1, 0.15) is 0 Å². The molecule has 2 aromatic rings. The minimum absolute atomic E-state index is 0.168. The van der Waals surface area contributed by atoms with Crippen molar-refractivity contribution < 1.29 is 0 Å². The minimum atomic E-state index is 0.168.